The number of hydrogen-bond donors (Lipinski definition) is 1. The van der Waals surface area contributed by atoms with Gasteiger partial charge in [-0.1, -0.05) is 29.3 Å². The fourth-order valence-electron chi connectivity index (χ4n) is 2.56. The molecule has 1 N–H and O–H groups in total. The molecule has 0 atom stereocenters. The lowest BCUT2D eigenvalue weighted by Crippen LogP contribution is -2.55. The predicted molar refractivity (Wildman–Crippen MR) is 95.8 cm³/mol. The maximum atomic E-state index is 12.2. The van der Waals surface area contributed by atoms with E-state index in [0.717, 1.165) is 5.56 Å². The van der Waals surface area contributed by atoms with Crippen LogP contribution in [0.4, 0.5) is 9.59 Å². The largest absolute Gasteiger partial charge is 0.338 e. The summed E-state index contributed by atoms with van der Waals surface area (Å²) in [6.07, 6.45) is 0.573. The number of rotatable bonds is 3. The van der Waals surface area contributed by atoms with E-state index in [2.05, 4.69) is 5.32 Å². The lowest BCUT2D eigenvalue weighted by molar-refractivity contribution is 0.129. The van der Waals surface area contributed by atoms with Crippen molar-refractivity contribution < 1.29 is 9.59 Å². The van der Waals surface area contributed by atoms with Gasteiger partial charge < -0.3 is 20.0 Å². The van der Waals surface area contributed by atoms with E-state index in [0.29, 0.717) is 49.2 Å². The highest BCUT2D eigenvalue weighted by Gasteiger charge is 2.24. The van der Waals surface area contributed by atoms with Gasteiger partial charge in [0.2, 0.25) is 0 Å². The zero-order valence-corrected chi connectivity index (χ0v) is 15.4. The van der Waals surface area contributed by atoms with E-state index in [1.807, 2.05) is 0 Å². The zero-order valence-electron chi connectivity index (χ0n) is 13.9. The fraction of sp³-hybridized carbons (Fsp3) is 0.500. The molecule has 1 heterocycles. The molecule has 132 valence electrons. The van der Waals surface area contributed by atoms with E-state index >= 15 is 0 Å². The van der Waals surface area contributed by atoms with Crippen LogP contribution in [0.25, 0.3) is 0 Å². The van der Waals surface area contributed by atoms with Crippen molar-refractivity contribution in [3.63, 3.8) is 0 Å². The van der Waals surface area contributed by atoms with E-state index in [9.17, 15) is 9.59 Å². The van der Waals surface area contributed by atoms with Crippen LogP contribution in [-0.2, 0) is 6.42 Å². The summed E-state index contributed by atoms with van der Waals surface area (Å²) < 4.78 is 0. The van der Waals surface area contributed by atoms with Gasteiger partial charge in [-0.15, -0.1) is 0 Å². The molecule has 0 spiro atoms. The Labute approximate surface area is 152 Å². The van der Waals surface area contributed by atoms with Crippen molar-refractivity contribution >= 4 is 35.3 Å². The molecule has 24 heavy (non-hydrogen) atoms. The first-order valence-corrected chi connectivity index (χ1v) is 8.57. The average Bonchev–Trinajstić information content (AvgIpc) is 2.56. The summed E-state index contributed by atoms with van der Waals surface area (Å²) in [6.45, 7) is 2.59. The second-order valence-corrected chi connectivity index (χ2v) is 6.65. The van der Waals surface area contributed by atoms with Gasteiger partial charge in [-0.25, -0.2) is 9.59 Å². The molecule has 1 aliphatic rings. The molecule has 1 aromatic rings. The SMILES string of the molecule is CN(C)C(=O)N1CCN(C(=O)NCCc2c(Cl)cccc2Cl)CC1. The highest BCUT2D eigenvalue weighted by Crippen LogP contribution is 2.24. The van der Waals surface area contributed by atoms with Crippen molar-refractivity contribution in [2.75, 3.05) is 46.8 Å². The number of amides is 4. The number of carbonyl (C=O) groups excluding carboxylic acids is 2. The van der Waals surface area contributed by atoms with Crippen LogP contribution in [0.1, 0.15) is 5.56 Å². The topological polar surface area (TPSA) is 55.9 Å². The van der Waals surface area contributed by atoms with Crippen molar-refractivity contribution in [1.82, 2.24) is 20.0 Å². The molecule has 1 saturated heterocycles. The van der Waals surface area contributed by atoms with E-state index in [1.165, 1.54) is 0 Å². The van der Waals surface area contributed by atoms with Crippen LogP contribution in [0.15, 0.2) is 18.2 Å². The standard InChI is InChI=1S/C16H22Cl2N4O2/c1-20(2)16(24)22-10-8-21(9-11-22)15(23)19-7-6-12-13(17)4-3-5-14(12)18/h3-5H,6-11H2,1-2H3,(H,19,23). The first kappa shape index (κ1) is 18.7. The number of nitrogens with zero attached hydrogens (tertiary/aromatic N) is 3. The maximum Gasteiger partial charge on any atom is 0.319 e. The van der Waals surface area contributed by atoms with Crippen LogP contribution in [0.5, 0.6) is 0 Å². The van der Waals surface area contributed by atoms with Gasteiger partial charge >= 0.3 is 12.1 Å². The molecule has 1 aromatic carbocycles. The third-order valence-electron chi connectivity index (χ3n) is 3.93. The Morgan fingerprint density at radius 3 is 2.17 bits per heavy atom. The molecule has 4 amide bonds. The highest BCUT2D eigenvalue weighted by atomic mass is 35.5. The van der Waals surface area contributed by atoms with Gasteiger partial charge in [-0.3, -0.25) is 0 Å². The van der Waals surface area contributed by atoms with Gasteiger partial charge in [0.25, 0.3) is 0 Å². The zero-order chi connectivity index (χ0) is 17.7. The third-order valence-corrected chi connectivity index (χ3v) is 4.64. The van der Waals surface area contributed by atoms with Gasteiger partial charge in [0.1, 0.15) is 0 Å². The van der Waals surface area contributed by atoms with Crippen LogP contribution in [-0.4, -0.2) is 73.6 Å². The van der Waals surface area contributed by atoms with E-state index < -0.39 is 0 Å². The molecule has 2 rings (SSSR count). The molecule has 0 radical (unpaired) electrons. The number of nitrogens with one attached hydrogen (secondary N) is 1. The van der Waals surface area contributed by atoms with Crippen LogP contribution in [0.2, 0.25) is 10.0 Å². The minimum Gasteiger partial charge on any atom is -0.338 e. The second-order valence-electron chi connectivity index (χ2n) is 5.83. The minimum absolute atomic E-state index is 0.0246. The minimum atomic E-state index is -0.130. The summed E-state index contributed by atoms with van der Waals surface area (Å²) in [5.41, 5.74) is 0.836. The molecular formula is C16H22Cl2N4O2. The normalized spacial score (nSPS) is 14.5. The number of piperazine rings is 1. The Kier molecular flexibility index (Phi) is 6.57. The molecule has 1 fully saturated rings. The van der Waals surface area contributed by atoms with E-state index in [-0.39, 0.29) is 12.1 Å². The lowest BCUT2D eigenvalue weighted by Gasteiger charge is -2.35. The summed E-state index contributed by atoms with van der Waals surface area (Å²) >= 11 is 12.2. The van der Waals surface area contributed by atoms with Gasteiger partial charge in [0, 0.05) is 56.9 Å². The Bertz CT molecular complexity index is 581. The lowest BCUT2D eigenvalue weighted by atomic mass is 10.1. The quantitative estimate of drug-likeness (QED) is 0.886. The molecule has 0 unspecified atom stereocenters. The Morgan fingerprint density at radius 2 is 1.62 bits per heavy atom. The number of halogens is 2. The van der Waals surface area contributed by atoms with Crippen LogP contribution in [0.3, 0.4) is 0 Å². The molecule has 0 saturated carbocycles. The molecule has 0 aliphatic carbocycles. The van der Waals surface area contributed by atoms with Crippen molar-refractivity contribution in [3.8, 4) is 0 Å². The van der Waals surface area contributed by atoms with Gasteiger partial charge in [-0.05, 0) is 24.1 Å². The van der Waals surface area contributed by atoms with Crippen LogP contribution in [0, 0.1) is 0 Å². The Hall–Kier alpha value is -1.66. The van der Waals surface area contributed by atoms with Crippen molar-refractivity contribution in [1.29, 1.82) is 0 Å². The van der Waals surface area contributed by atoms with Crippen LogP contribution >= 0.6 is 23.2 Å². The van der Waals surface area contributed by atoms with Crippen molar-refractivity contribution in [2.45, 2.75) is 6.42 Å². The molecule has 1 aliphatic heterocycles. The van der Waals surface area contributed by atoms with Gasteiger partial charge in [0.15, 0.2) is 0 Å². The van der Waals surface area contributed by atoms with Crippen molar-refractivity contribution in [3.05, 3.63) is 33.8 Å². The molecule has 8 heteroatoms. The van der Waals surface area contributed by atoms with Gasteiger partial charge in [-0.2, -0.15) is 0 Å². The first-order valence-electron chi connectivity index (χ1n) is 7.82. The summed E-state index contributed by atoms with van der Waals surface area (Å²) in [5, 5.41) is 4.09. The first-order chi connectivity index (χ1) is 11.4. The number of hydrogen-bond acceptors (Lipinski definition) is 2. The average molecular weight is 373 g/mol. The molecular weight excluding hydrogens is 351 g/mol. The highest BCUT2D eigenvalue weighted by molar-refractivity contribution is 6.35. The monoisotopic (exact) mass is 372 g/mol. The summed E-state index contributed by atoms with van der Waals surface area (Å²) in [4.78, 5) is 29.1. The van der Waals surface area contributed by atoms with Crippen molar-refractivity contribution in [2.24, 2.45) is 0 Å². The predicted octanol–water partition coefficient (Wildman–Crippen LogP) is 2.54. The smallest absolute Gasteiger partial charge is 0.319 e. The fourth-order valence-corrected chi connectivity index (χ4v) is 3.15. The summed E-state index contributed by atoms with van der Waals surface area (Å²) in [5.74, 6) is 0. The number of urea groups is 2. The molecule has 0 aromatic heterocycles. The number of benzene rings is 1. The maximum absolute atomic E-state index is 12.2. The molecule has 0 bridgehead atoms. The molecule has 6 nitrogen and oxygen atoms in total. The van der Waals surface area contributed by atoms with Crippen LogP contribution < -0.4 is 5.32 Å². The van der Waals surface area contributed by atoms with E-state index in [4.69, 9.17) is 23.2 Å². The third kappa shape index (κ3) is 4.68. The number of carbonyl (C=O) groups is 2. The van der Waals surface area contributed by atoms with E-state index in [1.54, 1.807) is 47.0 Å². The van der Waals surface area contributed by atoms with Gasteiger partial charge in [0.05, 0.1) is 0 Å². The second kappa shape index (κ2) is 8.44. The summed E-state index contributed by atoms with van der Waals surface area (Å²) in [7, 11) is 3.45. The summed E-state index contributed by atoms with van der Waals surface area (Å²) in [6, 6.07) is 5.21. The Balaban J connectivity index is 1.77. The Morgan fingerprint density at radius 1 is 1.08 bits per heavy atom.